The average molecular weight is 444 g/mol. The Hall–Kier alpha value is -3.39. The van der Waals surface area contributed by atoms with Crippen molar-refractivity contribution in [2.24, 2.45) is 0 Å². The lowest BCUT2D eigenvalue weighted by Gasteiger charge is -2.15. The van der Waals surface area contributed by atoms with E-state index in [0.29, 0.717) is 21.9 Å². The largest absolute Gasteiger partial charge is 0.481 e. The number of hydrogen-bond acceptors (Lipinski definition) is 5. The highest BCUT2D eigenvalue weighted by atomic mass is 35.5. The number of amides is 4. The lowest BCUT2D eigenvalue weighted by atomic mass is 10.1. The molecule has 0 radical (unpaired) electrons. The summed E-state index contributed by atoms with van der Waals surface area (Å²) in [6, 6.07) is 13.2. The number of nitrogens with zero attached hydrogens (tertiary/aromatic N) is 1. The van der Waals surface area contributed by atoms with Gasteiger partial charge in [0.15, 0.2) is 6.10 Å². The van der Waals surface area contributed by atoms with E-state index in [2.05, 4.69) is 10.6 Å². The highest BCUT2D eigenvalue weighted by Crippen LogP contribution is 2.22. The molecule has 1 unspecified atom stereocenters. The molecule has 0 aliphatic carbocycles. The number of nitrogens with one attached hydrogen (secondary N) is 2. The number of imide groups is 1. The highest BCUT2D eigenvalue weighted by molar-refractivity contribution is 6.30. The lowest BCUT2D eigenvalue weighted by molar-refractivity contribution is -0.127. The molecule has 1 atom stereocenters. The maximum atomic E-state index is 12.3. The van der Waals surface area contributed by atoms with Gasteiger partial charge in [-0.25, -0.2) is 0 Å². The summed E-state index contributed by atoms with van der Waals surface area (Å²) in [6.45, 7) is 2.04. The first kappa shape index (κ1) is 22.3. The average Bonchev–Trinajstić information content (AvgIpc) is 3.01. The summed E-state index contributed by atoms with van der Waals surface area (Å²) in [5, 5.41) is 5.89. The van der Waals surface area contributed by atoms with E-state index in [4.69, 9.17) is 16.3 Å². The third kappa shape index (κ3) is 5.61. The quantitative estimate of drug-likeness (QED) is 0.455. The van der Waals surface area contributed by atoms with Crippen LogP contribution in [0.2, 0.25) is 5.02 Å². The normalized spacial score (nSPS) is 13.5. The van der Waals surface area contributed by atoms with E-state index >= 15 is 0 Å². The fourth-order valence-electron chi connectivity index (χ4n) is 3.05. The van der Waals surface area contributed by atoms with Crippen LogP contribution in [0, 0.1) is 0 Å². The van der Waals surface area contributed by atoms with Gasteiger partial charge >= 0.3 is 0 Å². The number of fused-ring (bicyclic) bond motifs is 1. The Morgan fingerprint density at radius 1 is 0.968 bits per heavy atom. The molecule has 31 heavy (non-hydrogen) atoms. The fraction of sp³-hybridized carbons (Fsp3) is 0.273. The van der Waals surface area contributed by atoms with Crippen LogP contribution in [0.3, 0.4) is 0 Å². The molecule has 0 bridgehead atoms. The van der Waals surface area contributed by atoms with Crippen molar-refractivity contribution in [2.75, 3.05) is 19.6 Å². The molecular formula is C22H22ClN3O5. The Kier molecular flexibility index (Phi) is 7.25. The van der Waals surface area contributed by atoms with Gasteiger partial charge in [-0.3, -0.25) is 24.1 Å². The van der Waals surface area contributed by atoms with Crippen molar-refractivity contribution < 1.29 is 23.9 Å². The van der Waals surface area contributed by atoms with E-state index < -0.39 is 17.9 Å². The van der Waals surface area contributed by atoms with Gasteiger partial charge in [-0.2, -0.15) is 0 Å². The molecule has 8 nitrogen and oxygen atoms in total. The van der Waals surface area contributed by atoms with Crippen LogP contribution in [-0.4, -0.2) is 54.3 Å². The minimum Gasteiger partial charge on any atom is -0.481 e. The molecule has 2 aromatic rings. The van der Waals surface area contributed by atoms with Gasteiger partial charge in [-0.15, -0.1) is 0 Å². The SMILES string of the molecule is CC(Oc1ccc(Cl)cc1)C(=O)NCCNC(=O)CCN1C(=O)c2ccccc2C1=O. The van der Waals surface area contributed by atoms with Crippen molar-refractivity contribution in [3.05, 3.63) is 64.7 Å². The van der Waals surface area contributed by atoms with Crippen LogP contribution >= 0.6 is 11.6 Å². The Labute approximate surface area is 184 Å². The molecule has 9 heteroatoms. The minimum atomic E-state index is -0.717. The van der Waals surface area contributed by atoms with Gasteiger partial charge in [-0.05, 0) is 43.3 Å². The van der Waals surface area contributed by atoms with Crippen molar-refractivity contribution in [1.82, 2.24) is 15.5 Å². The van der Waals surface area contributed by atoms with E-state index in [9.17, 15) is 19.2 Å². The summed E-state index contributed by atoms with van der Waals surface area (Å²) in [6.07, 6.45) is -0.735. The third-order valence-corrected chi connectivity index (χ3v) is 4.93. The van der Waals surface area contributed by atoms with Gasteiger partial charge < -0.3 is 15.4 Å². The summed E-state index contributed by atoms with van der Waals surface area (Å²) in [5.41, 5.74) is 0.705. The number of carbonyl (C=O) groups is 4. The molecular weight excluding hydrogens is 422 g/mol. The summed E-state index contributed by atoms with van der Waals surface area (Å²) >= 11 is 5.81. The molecule has 0 fully saturated rings. The number of rotatable bonds is 9. The number of hydrogen-bond donors (Lipinski definition) is 2. The molecule has 4 amide bonds. The highest BCUT2D eigenvalue weighted by Gasteiger charge is 2.34. The maximum absolute atomic E-state index is 12.3. The Bertz CT molecular complexity index is 958. The summed E-state index contributed by atoms with van der Waals surface area (Å²) in [7, 11) is 0. The van der Waals surface area contributed by atoms with Crippen LogP contribution in [0.1, 0.15) is 34.1 Å². The molecule has 2 N–H and O–H groups in total. The Morgan fingerprint density at radius 3 is 2.16 bits per heavy atom. The van der Waals surface area contributed by atoms with Gasteiger partial charge in [-0.1, -0.05) is 23.7 Å². The van der Waals surface area contributed by atoms with E-state index in [1.54, 1.807) is 55.5 Å². The molecule has 0 saturated carbocycles. The minimum absolute atomic E-state index is 0.00347. The summed E-state index contributed by atoms with van der Waals surface area (Å²) in [5.74, 6) is -0.911. The molecule has 0 aromatic heterocycles. The number of ether oxygens (including phenoxy) is 1. The predicted molar refractivity (Wildman–Crippen MR) is 114 cm³/mol. The number of benzene rings is 2. The van der Waals surface area contributed by atoms with E-state index in [-0.39, 0.29) is 37.9 Å². The second kappa shape index (κ2) is 10.1. The summed E-state index contributed by atoms with van der Waals surface area (Å²) in [4.78, 5) is 49.7. The molecule has 1 heterocycles. The molecule has 2 aromatic carbocycles. The van der Waals surface area contributed by atoms with Crippen molar-refractivity contribution in [2.45, 2.75) is 19.4 Å². The molecule has 0 spiro atoms. The van der Waals surface area contributed by atoms with Crippen LogP contribution in [0.5, 0.6) is 5.75 Å². The zero-order valence-electron chi connectivity index (χ0n) is 16.9. The lowest BCUT2D eigenvalue weighted by Crippen LogP contribution is -2.41. The van der Waals surface area contributed by atoms with Crippen LogP contribution < -0.4 is 15.4 Å². The predicted octanol–water partition coefficient (Wildman–Crippen LogP) is 2.03. The van der Waals surface area contributed by atoms with Gasteiger partial charge in [0.25, 0.3) is 17.7 Å². The Morgan fingerprint density at radius 2 is 1.55 bits per heavy atom. The monoisotopic (exact) mass is 443 g/mol. The zero-order valence-corrected chi connectivity index (χ0v) is 17.6. The van der Waals surface area contributed by atoms with Gasteiger partial charge in [0, 0.05) is 31.1 Å². The van der Waals surface area contributed by atoms with Crippen molar-refractivity contribution in [3.63, 3.8) is 0 Å². The van der Waals surface area contributed by atoms with Crippen LogP contribution in [0.15, 0.2) is 48.5 Å². The summed E-state index contributed by atoms with van der Waals surface area (Å²) < 4.78 is 5.52. The topological polar surface area (TPSA) is 105 Å². The van der Waals surface area contributed by atoms with Crippen LogP contribution in [0.25, 0.3) is 0 Å². The van der Waals surface area contributed by atoms with Gasteiger partial charge in [0.05, 0.1) is 11.1 Å². The van der Waals surface area contributed by atoms with Gasteiger partial charge in [0.1, 0.15) is 5.75 Å². The third-order valence-electron chi connectivity index (χ3n) is 4.68. The maximum Gasteiger partial charge on any atom is 0.261 e. The Balaban J connectivity index is 1.34. The van der Waals surface area contributed by atoms with Crippen LogP contribution in [0.4, 0.5) is 0 Å². The van der Waals surface area contributed by atoms with Crippen molar-refractivity contribution >= 4 is 35.2 Å². The molecule has 3 rings (SSSR count). The number of carbonyl (C=O) groups excluding carboxylic acids is 4. The first-order chi connectivity index (χ1) is 14.9. The van der Waals surface area contributed by atoms with Crippen LogP contribution in [-0.2, 0) is 9.59 Å². The molecule has 1 aliphatic heterocycles. The first-order valence-electron chi connectivity index (χ1n) is 9.78. The molecule has 162 valence electrons. The second-order valence-corrected chi connectivity index (χ2v) is 7.35. The smallest absolute Gasteiger partial charge is 0.261 e. The van der Waals surface area contributed by atoms with Crippen molar-refractivity contribution in [1.29, 1.82) is 0 Å². The fourth-order valence-corrected chi connectivity index (χ4v) is 3.17. The zero-order chi connectivity index (χ0) is 22.4. The van der Waals surface area contributed by atoms with E-state index in [0.717, 1.165) is 4.90 Å². The molecule has 1 aliphatic rings. The van der Waals surface area contributed by atoms with Gasteiger partial charge in [0.2, 0.25) is 5.91 Å². The second-order valence-electron chi connectivity index (χ2n) is 6.91. The number of halogens is 1. The van der Waals surface area contributed by atoms with E-state index in [1.165, 1.54) is 0 Å². The van der Waals surface area contributed by atoms with E-state index in [1.807, 2.05) is 0 Å². The standard InChI is InChI=1S/C22H22ClN3O5/c1-14(31-16-8-6-15(23)7-9-16)20(28)25-12-11-24-19(27)10-13-26-21(29)17-4-2-3-5-18(17)22(26)30/h2-9,14H,10-13H2,1H3,(H,24,27)(H,25,28). The first-order valence-corrected chi connectivity index (χ1v) is 10.2. The molecule has 0 saturated heterocycles. The van der Waals surface area contributed by atoms with Crippen molar-refractivity contribution in [3.8, 4) is 5.75 Å².